The standard InChI is InChI=1S/C20H30N4OS/c1-4-7-15-12-19(23-11-6-9-17(23)14-25-2)24(20(21)22-15)16-8-5-10-18(13-16)26-3/h5,8,10,12-13,17,19H,4,6-7,9,11,14H2,1-3H3,(H2,21,22)/t17?,19-/m0/s1. The molecule has 0 saturated carbocycles. The number of allylic oxidation sites excluding steroid dienone is 1. The van der Waals surface area contributed by atoms with E-state index in [0.29, 0.717) is 12.0 Å². The summed E-state index contributed by atoms with van der Waals surface area (Å²) < 4.78 is 5.48. The Bertz CT molecular complexity index is 676. The molecule has 1 fully saturated rings. The zero-order valence-electron chi connectivity index (χ0n) is 16.0. The molecule has 5 nitrogen and oxygen atoms in total. The van der Waals surface area contributed by atoms with Gasteiger partial charge in [0.05, 0.1) is 6.61 Å². The molecule has 26 heavy (non-hydrogen) atoms. The fourth-order valence-electron chi connectivity index (χ4n) is 3.88. The second kappa shape index (κ2) is 8.93. The third kappa shape index (κ3) is 4.08. The fraction of sp³-hybridized carbons (Fsp3) is 0.550. The molecule has 0 spiro atoms. The molecule has 0 bridgehead atoms. The number of likely N-dealkylation sites (tertiary alicyclic amines) is 1. The van der Waals surface area contributed by atoms with Crippen LogP contribution in [0.25, 0.3) is 0 Å². The number of nitrogens with zero attached hydrogens (tertiary/aromatic N) is 3. The van der Waals surface area contributed by atoms with Crippen LogP contribution in [0, 0.1) is 0 Å². The molecule has 0 aromatic heterocycles. The molecule has 0 radical (unpaired) electrons. The van der Waals surface area contributed by atoms with Crippen LogP contribution in [0.15, 0.2) is 45.9 Å². The first-order chi connectivity index (χ1) is 12.7. The first-order valence-corrected chi connectivity index (χ1v) is 10.6. The van der Waals surface area contributed by atoms with E-state index in [0.717, 1.165) is 43.8 Å². The summed E-state index contributed by atoms with van der Waals surface area (Å²) in [6.07, 6.45) is 8.86. The van der Waals surface area contributed by atoms with E-state index in [2.05, 4.69) is 53.3 Å². The lowest BCUT2D eigenvalue weighted by Gasteiger charge is -2.41. The highest BCUT2D eigenvalue weighted by molar-refractivity contribution is 7.98. The van der Waals surface area contributed by atoms with E-state index < -0.39 is 0 Å². The first kappa shape index (κ1) is 19.3. The summed E-state index contributed by atoms with van der Waals surface area (Å²) in [4.78, 5) is 10.6. The zero-order chi connectivity index (χ0) is 18.5. The minimum atomic E-state index is 0.0915. The lowest BCUT2D eigenvalue weighted by atomic mass is 10.1. The normalized spacial score (nSPS) is 23.9. The highest BCUT2D eigenvalue weighted by Crippen LogP contribution is 2.32. The number of rotatable bonds is 7. The number of hydrogen-bond acceptors (Lipinski definition) is 6. The number of nitrogens with two attached hydrogens (primary N) is 1. The topological polar surface area (TPSA) is 54.1 Å². The highest BCUT2D eigenvalue weighted by Gasteiger charge is 2.36. The van der Waals surface area contributed by atoms with Crippen molar-refractivity contribution in [3.05, 3.63) is 36.0 Å². The van der Waals surface area contributed by atoms with Crippen LogP contribution in [0.1, 0.15) is 32.6 Å². The van der Waals surface area contributed by atoms with Gasteiger partial charge in [0.2, 0.25) is 5.96 Å². The number of ether oxygens (including phenoxy) is 1. The van der Waals surface area contributed by atoms with Gasteiger partial charge < -0.3 is 10.5 Å². The molecule has 3 rings (SSSR count). The van der Waals surface area contributed by atoms with Gasteiger partial charge in [-0.1, -0.05) is 19.4 Å². The van der Waals surface area contributed by atoms with E-state index in [1.807, 2.05) is 0 Å². The maximum Gasteiger partial charge on any atom is 0.202 e. The van der Waals surface area contributed by atoms with Crippen LogP contribution in [0.3, 0.4) is 0 Å². The van der Waals surface area contributed by atoms with Crippen LogP contribution in [0.2, 0.25) is 0 Å². The van der Waals surface area contributed by atoms with E-state index in [9.17, 15) is 0 Å². The maximum atomic E-state index is 6.47. The van der Waals surface area contributed by atoms with Gasteiger partial charge in [0.1, 0.15) is 6.17 Å². The number of guanidine groups is 1. The molecule has 0 amide bonds. The van der Waals surface area contributed by atoms with E-state index in [1.165, 1.54) is 11.3 Å². The molecule has 0 aliphatic carbocycles. The maximum absolute atomic E-state index is 6.47. The smallest absolute Gasteiger partial charge is 0.202 e. The summed E-state index contributed by atoms with van der Waals surface area (Å²) in [6, 6.07) is 8.95. The Hall–Kier alpha value is -1.50. The van der Waals surface area contributed by atoms with Crippen molar-refractivity contribution >= 4 is 23.4 Å². The lowest BCUT2D eigenvalue weighted by Crippen LogP contribution is -2.56. The van der Waals surface area contributed by atoms with Gasteiger partial charge in [-0.15, -0.1) is 11.8 Å². The van der Waals surface area contributed by atoms with Crippen LogP contribution in [-0.4, -0.2) is 49.6 Å². The van der Waals surface area contributed by atoms with Gasteiger partial charge in [-0.3, -0.25) is 9.80 Å². The summed E-state index contributed by atoms with van der Waals surface area (Å²) in [7, 11) is 1.78. The molecular formula is C20H30N4OS. The Morgan fingerprint density at radius 1 is 1.38 bits per heavy atom. The molecular weight excluding hydrogens is 344 g/mol. The average molecular weight is 375 g/mol. The third-order valence-electron chi connectivity index (χ3n) is 5.07. The largest absolute Gasteiger partial charge is 0.383 e. The van der Waals surface area contributed by atoms with Gasteiger partial charge in [-0.2, -0.15) is 0 Å². The van der Waals surface area contributed by atoms with Gasteiger partial charge in [-0.05, 0) is 49.8 Å². The Morgan fingerprint density at radius 3 is 2.96 bits per heavy atom. The van der Waals surface area contributed by atoms with Crippen molar-refractivity contribution in [2.24, 2.45) is 10.7 Å². The van der Waals surface area contributed by atoms with Crippen molar-refractivity contribution < 1.29 is 4.74 Å². The fourth-order valence-corrected chi connectivity index (χ4v) is 4.34. The zero-order valence-corrected chi connectivity index (χ0v) is 16.8. The summed E-state index contributed by atoms with van der Waals surface area (Å²) in [5, 5.41) is 0. The van der Waals surface area contributed by atoms with Crippen molar-refractivity contribution in [2.45, 2.75) is 49.7 Å². The average Bonchev–Trinajstić information content (AvgIpc) is 3.10. The second-order valence-electron chi connectivity index (χ2n) is 6.85. The van der Waals surface area contributed by atoms with Crippen molar-refractivity contribution in [2.75, 3.05) is 31.4 Å². The predicted molar refractivity (Wildman–Crippen MR) is 111 cm³/mol. The number of benzene rings is 1. The molecule has 2 aliphatic rings. The van der Waals surface area contributed by atoms with Crippen molar-refractivity contribution in [3.8, 4) is 0 Å². The van der Waals surface area contributed by atoms with E-state index >= 15 is 0 Å². The quantitative estimate of drug-likeness (QED) is 0.738. The predicted octanol–water partition coefficient (Wildman–Crippen LogP) is 3.66. The number of hydrogen-bond donors (Lipinski definition) is 1. The Morgan fingerprint density at radius 2 is 2.23 bits per heavy atom. The Labute approximate surface area is 161 Å². The molecule has 1 saturated heterocycles. The monoisotopic (exact) mass is 374 g/mol. The highest BCUT2D eigenvalue weighted by atomic mass is 32.2. The molecule has 6 heteroatoms. The number of thioether (sulfide) groups is 1. The molecule has 1 aromatic carbocycles. The van der Waals surface area contributed by atoms with E-state index in [4.69, 9.17) is 15.5 Å². The summed E-state index contributed by atoms with van der Waals surface area (Å²) in [5.41, 5.74) is 8.66. The number of aliphatic imine (C=N–C) groups is 1. The van der Waals surface area contributed by atoms with E-state index in [-0.39, 0.29) is 6.17 Å². The molecule has 2 atom stereocenters. The summed E-state index contributed by atoms with van der Waals surface area (Å²) >= 11 is 1.74. The van der Waals surface area contributed by atoms with E-state index in [1.54, 1.807) is 18.9 Å². The lowest BCUT2D eigenvalue weighted by molar-refractivity contribution is 0.102. The number of anilines is 1. The van der Waals surface area contributed by atoms with Gasteiger partial charge in [-0.25, -0.2) is 4.99 Å². The molecule has 1 aromatic rings. The van der Waals surface area contributed by atoms with Gasteiger partial charge >= 0.3 is 0 Å². The Balaban J connectivity index is 1.98. The summed E-state index contributed by atoms with van der Waals surface area (Å²) in [6.45, 7) is 3.99. The minimum Gasteiger partial charge on any atom is -0.383 e. The minimum absolute atomic E-state index is 0.0915. The van der Waals surface area contributed by atoms with Gasteiger partial charge in [0.15, 0.2) is 0 Å². The third-order valence-corrected chi connectivity index (χ3v) is 5.80. The number of methoxy groups -OCH3 is 1. The van der Waals surface area contributed by atoms with Crippen LogP contribution >= 0.6 is 11.8 Å². The van der Waals surface area contributed by atoms with Crippen LogP contribution in [-0.2, 0) is 4.74 Å². The van der Waals surface area contributed by atoms with Crippen molar-refractivity contribution in [3.63, 3.8) is 0 Å². The molecule has 2 aliphatic heterocycles. The van der Waals surface area contributed by atoms with Crippen LogP contribution in [0.5, 0.6) is 0 Å². The molecule has 2 heterocycles. The van der Waals surface area contributed by atoms with Crippen molar-refractivity contribution in [1.29, 1.82) is 0 Å². The van der Waals surface area contributed by atoms with Gasteiger partial charge in [0.25, 0.3) is 0 Å². The molecule has 1 unspecified atom stereocenters. The summed E-state index contributed by atoms with van der Waals surface area (Å²) in [5.74, 6) is 0.585. The molecule has 142 valence electrons. The SMILES string of the molecule is CCCC1=C[C@@H](N2CCCC2COC)N(c2cccc(SC)c2)C(N)=N1. The van der Waals surface area contributed by atoms with Crippen molar-refractivity contribution in [1.82, 2.24) is 4.90 Å². The van der Waals surface area contributed by atoms with Gasteiger partial charge in [0, 0.05) is 36.0 Å². The van der Waals surface area contributed by atoms with Crippen LogP contribution in [0.4, 0.5) is 5.69 Å². The molecule has 2 N–H and O–H groups in total. The van der Waals surface area contributed by atoms with Crippen LogP contribution < -0.4 is 10.6 Å². The first-order valence-electron chi connectivity index (χ1n) is 9.40. The Kier molecular flexibility index (Phi) is 6.62. The second-order valence-corrected chi connectivity index (χ2v) is 7.73.